The summed E-state index contributed by atoms with van der Waals surface area (Å²) in [7, 11) is 0. The van der Waals surface area contributed by atoms with E-state index in [4.69, 9.17) is 15.0 Å². The molecule has 0 aliphatic carbocycles. The predicted molar refractivity (Wildman–Crippen MR) is 115 cm³/mol. The van der Waals surface area contributed by atoms with Crippen LogP contribution in [0.3, 0.4) is 0 Å². The molecule has 0 saturated carbocycles. The summed E-state index contributed by atoms with van der Waals surface area (Å²) in [6.07, 6.45) is 5.22. The number of fused-ring (bicyclic) bond motifs is 1. The minimum absolute atomic E-state index is 0.0210. The van der Waals surface area contributed by atoms with Crippen molar-refractivity contribution in [1.29, 1.82) is 5.41 Å². The number of hydrogen-bond donors (Lipinski definition) is 1. The lowest BCUT2D eigenvalue weighted by molar-refractivity contribution is -0.114. The summed E-state index contributed by atoms with van der Waals surface area (Å²) in [5.74, 6) is 1.78. The summed E-state index contributed by atoms with van der Waals surface area (Å²) in [4.78, 5) is 21.9. The molecular weight excluding hydrogens is 380 g/mol. The van der Waals surface area contributed by atoms with Gasteiger partial charge in [0.15, 0.2) is 11.7 Å². The van der Waals surface area contributed by atoms with E-state index >= 15 is 0 Å². The normalized spacial score (nSPS) is 17.2. The Morgan fingerprint density at radius 1 is 1.23 bits per heavy atom. The molecule has 1 amide bonds. The predicted octanol–water partition coefficient (Wildman–Crippen LogP) is 4.14. The maximum Gasteiger partial charge on any atom is 0.283 e. The molecule has 3 heterocycles. The minimum atomic E-state index is -0.449. The second-order valence-corrected chi connectivity index (χ2v) is 7.52. The van der Waals surface area contributed by atoms with Crippen molar-refractivity contribution in [3.8, 4) is 5.75 Å². The molecule has 1 N–H and O–H groups in total. The highest BCUT2D eigenvalue weighted by Gasteiger charge is 2.34. The number of allylic oxidation sites excluding steroid dienone is 1. The highest BCUT2D eigenvalue weighted by atomic mass is 16.7. The molecular formula is C23H24N4O3. The Hall–Kier alpha value is -3.61. The zero-order valence-corrected chi connectivity index (χ0v) is 17.3. The van der Waals surface area contributed by atoms with Crippen LogP contribution in [0.2, 0.25) is 0 Å². The van der Waals surface area contributed by atoms with E-state index < -0.39 is 5.91 Å². The van der Waals surface area contributed by atoms with E-state index in [0.717, 1.165) is 11.4 Å². The van der Waals surface area contributed by atoms with Gasteiger partial charge in [0.1, 0.15) is 18.1 Å². The number of rotatable bonds is 6. The summed E-state index contributed by atoms with van der Waals surface area (Å²) >= 11 is 0. The second-order valence-electron chi connectivity index (χ2n) is 7.52. The van der Waals surface area contributed by atoms with Gasteiger partial charge in [0.05, 0.1) is 12.1 Å². The third-order valence-corrected chi connectivity index (χ3v) is 4.98. The number of ether oxygens (including phenoxy) is 1. The van der Waals surface area contributed by atoms with E-state index in [1.165, 1.54) is 10.6 Å². The van der Waals surface area contributed by atoms with Crippen LogP contribution in [0.15, 0.2) is 65.0 Å². The fourth-order valence-electron chi connectivity index (χ4n) is 3.32. The summed E-state index contributed by atoms with van der Waals surface area (Å²) in [6, 6.07) is 11.9. The number of carbonyl (C=O) groups is 1. The van der Waals surface area contributed by atoms with Gasteiger partial charge in [0.25, 0.3) is 5.91 Å². The van der Waals surface area contributed by atoms with Crippen molar-refractivity contribution in [3.05, 3.63) is 71.3 Å². The number of aromatic nitrogens is 1. The second kappa shape index (κ2) is 8.02. The van der Waals surface area contributed by atoms with Crippen molar-refractivity contribution in [2.24, 2.45) is 4.99 Å². The number of amidine groups is 2. The van der Waals surface area contributed by atoms with E-state index in [9.17, 15) is 4.79 Å². The molecule has 0 fully saturated rings. The zero-order chi connectivity index (χ0) is 21.3. The lowest BCUT2D eigenvalue weighted by atomic mass is 10.0. The van der Waals surface area contributed by atoms with Crippen LogP contribution in [-0.2, 0) is 16.2 Å². The number of hydroxylamine groups is 2. The van der Waals surface area contributed by atoms with Crippen LogP contribution in [0.5, 0.6) is 5.75 Å². The molecule has 0 saturated heterocycles. The average Bonchev–Trinajstić information content (AvgIpc) is 3.31. The van der Waals surface area contributed by atoms with Gasteiger partial charge in [-0.3, -0.25) is 10.2 Å². The molecule has 0 spiro atoms. The van der Waals surface area contributed by atoms with Crippen LogP contribution in [0, 0.1) is 5.41 Å². The number of aliphatic imine (C=N–C) groups is 1. The van der Waals surface area contributed by atoms with Crippen molar-refractivity contribution in [2.45, 2.75) is 33.2 Å². The molecule has 4 rings (SSSR count). The van der Waals surface area contributed by atoms with Gasteiger partial charge < -0.3 is 14.1 Å². The van der Waals surface area contributed by atoms with E-state index in [1.807, 2.05) is 35.0 Å². The molecule has 1 aromatic carbocycles. The Morgan fingerprint density at radius 3 is 2.73 bits per heavy atom. The van der Waals surface area contributed by atoms with Crippen LogP contribution in [0.1, 0.15) is 37.9 Å². The Morgan fingerprint density at radius 2 is 2.00 bits per heavy atom. The third-order valence-electron chi connectivity index (χ3n) is 4.98. The number of nitrogens with zero attached hydrogens (tertiary/aromatic N) is 3. The molecule has 0 unspecified atom stereocenters. The van der Waals surface area contributed by atoms with Crippen LogP contribution < -0.4 is 4.74 Å². The van der Waals surface area contributed by atoms with Gasteiger partial charge in [-0.2, -0.15) is 4.99 Å². The molecule has 7 nitrogen and oxygen atoms in total. The number of carbonyl (C=O) groups excluding carboxylic acids is 1. The topological polar surface area (TPSA) is 79.9 Å². The highest BCUT2D eigenvalue weighted by Crippen LogP contribution is 2.24. The quantitative estimate of drug-likeness (QED) is 0.734. The Balaban J connectivity index is 1.44. The van der Waals surface area contributed by atoms with Gasteiger partial charge in [-0.25, -0.2) is 0 Å². The standard InChI is InChI=1S/C23H24N4O3/c1-15(2)17-6-8-19(9-7-17)29-12-11-26-10-4-5-18(26)14-20-22(24)27-21(25-23(20)28)13-16(3)30-27/h4-10,13-15,24H,11-12H2,1-3H3/b20-14-,24-22?. The van der Waals surface area contributed by atoms with Gasteiger partial charge in [0, 0.05) is 18.0 Å². The number of hydrogen-bond acceptors (Lipinski definition) is 4. The Kier molecular flexibility index (Phi) is 5.27. The van der Waals surface area contributed by atoms with Crippen molar-refractivity contribution >= 4 is 23.7 Å². The molecule has 0 atom stereocenters. The molecule has 0 radical (unpaired) electrons. The first-order valence-electron chi connectivity index (χ1n) is 9.90. The molecule has 0 bridgehead atoms. The van der Waals surface area contributed by atoms with Gasteiger partial charge in [-0.05, 0) is 48.7 Å². The SMILES string of the molecule is CC1=CC2=NC(=O)/C(=C\c3cccn3CCOc3ccc(C(C)C)cc3)C(=N)N2O1. The largest absolute Gasteiger partial charge is 0.492 e. The summed E-state index contributed by atoms with van der Waals surface area (Å²) in [6.45, 7) is 7.17. The molecule has 154 valence electrons. The lowest BCUT2D eigenvalue weighted by Crippen LogP contribution is -2.38. The minimum Gasteiger partial charge on any atom is -0.492 e. The van der Waals surface area contributed by atoms with E-state index in [2.05, 4.69) is 31.0 Å². The van der Waals surface area contributed by atoms with E-state index in [-0.39, 0.29) is 11.4 Å². The Bertz CT molecular complexity index is 1070. The fraction of sp³-hybridized carbons (Fsp3) is 0.261. The smallest absolute Gasteiger partial charge is 0.283 e. The van der Waals surface area contributed by atoms with Gasteiger partial charge >= 0.3 is 0 Å². The molecule has 7 heteroatoms. The van der Waals surface area contributed by atoms with Crippen molar-refractivity contribution < 1.29 is 14.4 Å². The number of benzene rings is 1. The molecule has 2 aliphatic rings. The number of nitrogens with one attached hydrogen (secondary N) is 1. The monoisotopic (exact) mass is 404 g/mol. The maximum absolute atomic E-state index is 12.4. The van der Waals surface area contributed by atoms with Crippen LogP contribution in [0.25, 0.3) is 6.08 Å². The van der Waals surface area contributed by atoms with E-state index in [1.54, 1.807) is 19.1 Å². The fourth-order valence-corrected chi connectivity index (χ4v) is 3.32. The average molecular weight is 404 g/mol. The summed E-state index contributed by atoms with van der Waals surface area (Å²) in [5, 5.41) is 9.59. The summed E-state index contributed by atoms with van der Waals surface area (Å²) < 4.78 is 7.84. The molecule has 1 aromatic heterocycles. The van der Waals surface area contributed by atoms with Crippen molar-refractivity contribution in [1.82, 2.24) is 9.63 Å². The van der Waals surface area contributed by atoms with Crippen LogP contribution in [0.4, 0.5) is 0 Å². The summed E-state index contributed by atoms with van der Waals surface area (Å²) in [5.41, 5.74) is 2.26. The zero-order valence-electron chi connectivity index (χ0n) is 17.3. The Labute approximate surface area is 175 Å². The molecule has 2 aliphatic heterocycles. The van der Waals surface area contributed by atoms with Gasteiger partial charge in [-0.1, -0.05) is 26.0 Å². The lowest BCUT2D eigenvalue weighted by Gasteiger charge is -2.23. The van der Waals surface area contributed by atoms with E-state index in [0.29, 0.717) is 30.7 Å². The molecule has 2 aromatic rings. The maximum atomic E-state index is 12.4. The van der Waals surface area contributed by atoms with Crippen LogP contribution >= 0.6 is 0 Å². The van der Waals surface area contributed by atoms with Crippen LogP contribution in [-0.4, -0.2) is 33.8 Å². The van der Waals surface area contributed by atoms with Crippen molar-refractivity contribution in [3.63, 3.8) is 0 Å². The van der Waals surface area contributed by atoms with Gasteiger partial charge in [-0.15, -0.1) is 5.06 Å². The first-order valence-corrected chi connectivity index (χ1v) is 9.90. The van der Waals surface area contributed by atoms with Gasteiger partial charge in [0.2, 0.25) is 0 Å². The first-order chi connectivity index (χ1) is 14.4. The third kappa shape index (κ3) is 3.91. The first kappa shape index (κ1) is 19.7. The molecule has 30 heavy (non-hydrogen) atoms. The van der Waals surface area contributed by atoms with Crippen molar-refractivity contribution in [2.75, 3.05) is 6.61 Å². The number of amides is 1. The highest BCUT2D eigenvalue weighted by molar-refractivity contribution is 6.32.